The molecular formula is C16H21FN2O. The molecule has 1 fully saturated rings. The van der Waals surface area contributed by atoms with Gasteiger partial charge in [0.05, 0.1) is 5.41 Å². The van der Waals surface area contributed by atoms with Crippen molar-refractivity contribution in [3.63, 3.8) is 0 Å². The van der Waals surface area contributed by atoms with Crippen LogP contribution in [0.1, 0.15) is 39.2 Å². The quantitative estimate of drug-likeness (QED) is 0.790. The first kappa shape index (κ1) is 13.6. The molecule has 0 radical (unpaired) electrons. The van der Waals surface area contributed by atoms with Gasteiger partial charge in [0, 0.05) is 11.2 Å². The smallest absolute Gasteiger partial charge is 0.238 e. The maximum atomic E-state index is 13.7. The molecule has 1 aromatic carbocycles. The van der Waals surface area contributed by atoms with Crippen LogP contribution in [-0.2, 0) is 10.2 Å². The predicted octanol–water partition coefficient (Wildman–Crippen LogP) is 2.59. The molecule has 108 valence electrons. The van der Waals surface area contributed by atoms with Gasteiger partial charge in [-0.15, -0.1) is 0 Å². The zero-order valence-corrected chi connectivity index (χ0v) is 12.3. The monoisotopic (exact) mass is 276 g/mol. The molecule has 4 heteroatoms. The van der Waals surface area contributed by atoms with E-state index in [9.17, 15) is 9.18 Å². The molecule has 2 heterocycles. The summed E-state index contributed by atoms with van der Waals surface area (Å²) in [5.41, 5.74) is 0.929. The Morgan fingerprint density at radius 1 is 1.25 bits per heavy atom. The molecule has 1 aromatic rings. The molecule has 1 N–H and O–H groups in total. The molecule has 2 aliphatic rings. The van der Waals surface area contributed by atoms with Crippen LogP contribution < -0.4 is 10.2 Å². The van der Waals surface area contributed by atoms with Crippen molar-refractivity contribution >= 4 is 11.6 Å². The van der Waals surface area contributed by atoms with E-state index in [0.717, 1.165) is 37.2 Å². The van der Waals surface area contributed by atoms with Crippen molar-refractivity contribution in [2.24, 2.45) is 0 Å². The first-order valence-corrected chi connectivity index (χ1v) is 7.22. The molecule has 2 aliphatic heterocycles. The molecule has 1 saturated heterocycles. The largest absolute Gasteiger partial charge is 0.317 e. The Morgan fingerprint density at radius 2 is 1.90 bits per heavy atom. The average molecular weight is 276 g/mol. The van der Waals surface area contributed by atoms with Crippen molar-refractivity contribution in [3.05, 3.63) is 29.6 Å². The maximum absolute atomic E-state index is 13.7. The van der Waals surface area contributed by atoms with E-state index in [1.54, 1.807) is 12.1 Å². The van der Waals surface area contributed by atoms with Crippen molar-refractivity contribution < 1.29 is 9.18 Å². The molecule has 0 unspecified atom stereocenters. The van der Waals surface area contributed by atoms with Crippen LogP contribution in [0.2, 0.25) is 0 Å². The van der Waals surface area contributed by atoms with Crippen molar-refractivity contribution in [2.75, 3.05) is 18.0 Å². The number of halogens is 1. The van der Waals surface area contributed by atoms with E-state index >= 15 is 0 Å². The van der Waals surface area contributed by atoms with Gasteiger partial charge in [0.2, 0.25) is 5.91 Å². The summed E-state index contributed by atoms with van der Waals surface area (Å²) in [4.78, 5) is 14.9. The molecule has 3 nitrogen and oxygen atoms in total. The molecule has 0 saturated carbocycles. The minimum atomic E-state index is -0.532. The molecule has 1 amide bonds. The number of hydrogen-bond acceptors (Lipinski definition) is 2. The molecular weight excluding hydrogens is 255 g/mol. The Bertz CT molecular complexity index is 556. The van der Waals surface area contributed by atoms with Crippen molar-refractivity contribution in [1.29, 1.82) is 0 Å². The summed E-state index contributed by atoms with van der Waals surface area (Å²) in [5, 5.41) is 3.29. The Labute approximate surface area is 119 Å². The van der Waals surface area contributed by atoms with E-state index < -0.39 is 5.41 Å². The van der Waals surface area contributed by atoms with Crippen molar-refractivity contribution in [3.8, 4) is 0 Å². The van der Waals surface area contributed by atoms with E-state index in [1.807, 2.05) is 25.7 Å². The molecule has 0 bridgehead atoms. The lowest BCUT2D eigenvalue weighted by atomic mass is 9.74. The number of anilines is 1. The van der Waals surface area contributed by atoms with Crippen LogP contribution in [0.4, 0.5) is 10.1 Å². The lowest BCUT2D eigenvalue weighted by molar-refractivity contribution is -0.125. The third-order valence-electron chi connectivity index (χ3n) is 4.46. The predicted molar refractivity (Wildman–Crippen MR) is 77.4 cm³/mol. The highest BCUT2D eigenvalue weighted by Gasteiger charge is 2.53. The number of carbonyl (C=O) groups excluding carboxylic acids is 1. The van der Waals surface area contributed by atoms with Gasteiger partial charge in [0.15, 0.2) is 0 Å². The number of hydrogen-bond donors (Lipinski definition) is 1. The Morgan fingerprint density at radius 3 is 2.50 bits per heavy atom. The first-order valence-electron chi connectivity index (χ1n) is 7.22. The Balaban J connectivity index is 2.20. The fourth-order valence-electron chi connectivity index (χ4n) is 3.53. The van der Waals surface area contributed by atoms with Crippen LogP contribution >= 0.6 is 0 Å². The number of piperidine rings is 1. The molecule has 3 rings (SSSR count). The van der Waals surface area contributed by atoms with Gasteiger partial charge in [-0.2, -0.15) is 0 Å². The van der Waals surface area contributed by atoms with Crippen molar-refractivity contribution in [1.82, 2.24) is 5.32 Å². The molecule has 20 heavy (non-hydrogen) atoms. The van der Waals surface area contributed by atoms with Crippen LogP contribution in [0.25, 0.3) is 0 Å². The molecule has 0 aromatic heterocycles. The number of nitrogens with zero attached hydrogens (tertiary/aromatic N) is 1. The third-order valence-corrected chi connectivity index (χ3v) is 4.46. The van der Waals surface area contributed by atoms with Gasteiger partial charge in [-0.3, -0.25) is 4.79 Å². The number of nitrogens with one attached hydrogen (secondary N) is 1. The summed E-state index contributed by atoms with van der Waals surface area (Å²) < 4.78 is 13.7. The second kappa shape index (κ2) is 4.29. The average Bonchev–Trinajstić information content (AvgIpc) is 2.61. The second-order valence-corrected chi connectivity index (χ2v) is 6.80. The molecule has 1 spiro atoms. The van der Waals surface area contributed by atoms with Gasteiger partial charge in [-0.1, -0.05) is 0 Å². The number of carbonyl (C=O) groups is 1. The van der Waals surface area contributed by atoms with E-state index in [2.05, 4.69) is 5.32 Å². The van der Waals surface area contributed by atoms with E-state index in [4.69, 9.17) is 0 Å². The van der Waals surface area contributed by atoms with Crippen LogP contribution in [-0.4, -0.2) is 24.5 Å². The Hall–Kier alpha value is -1.42. The summed E-state index contributed by atoms with van der Waals surface area (Å²) in [6.45, 7) is 7.69. The fraction of sp³-hybridized carbons (Fsp3) is 0.562. The van der Waals surface area contributed by atoms with Gasteiger partial charge < -0.3 is 10.2 Å². The lowest BCUT2D eigenvalue weighted by Gasteiger charge is -2.37. The lowest BCUT2D eigenvalue weighted by Crippen LogP contribution is -2.52. The van der Waals surface area contributed by atoms with Gasteiger partial charge in [0.25, 0.3) is 0 Å². The highest BCUT2D eigenvalue weighted by molar-refractivity contribution is 6.09. The van der Waals surface area contributed by atoms with Crippen LogP contribution in [0.5, 0.6) is 0 Å². The van der Waals surface area contributed by atoms with Gasteiger partial charge in [-0.25, -0.2) is 4.39 Å². The minimum absolute atomic E-state index is 0.132. The zero-order chi connectivity index (χ0) is 14.5. The molecule has 0 atom stereocenters. The fourth-order valence-corrected chi connectivity index (χ4v) is 3.53. The normalized spacial score (nSPS) is 21.4. The maximum Gasteiger partial charge on any atom is 0.238 e. The summed E-state index contributed by atoms with van der Waals surface area (Å²) in [5.74, 6) is -0.127. The van der Waals surface area contributed by atoms with Gasteiger partial charge >= 0.3 is 0 Å². The topological polar surface area (TPSA) is 32.3 Å². The van der Waals surface area contributed by atoms with E-state index in [0.29, 0.717) is 0 Å². The minimum Gasteiger partial charge on any atom is -0.317 e. The number of amides is 1. The van der Waals surface area contributed by atoms with Crippen LogP contribution in [0.15, 0.2) is 18.2 Å². The van der Waals surface area contributed by atoms with Crippen molar-refractivity contribution in [2.45, 2.75) is 44.6 Å². The summed E-state index contributed by atoms with van der Waals surface area (Å²) >= 11 is 0. The molecule has 0 aliphatic carbocycles. The zero-order valence-electron chi connectivity index (χ0n) is 12.3. The summed E-state index contributed by atoms with van der Waals surface area (Å²) in [6.07, 6.45) is 1.49. The summed E-state index contributed by atoms with van der Waals surface area (Å²) in [7, 11) is 0. The number of benzene rings is 1. The van der Waals surface area contributed by atoms with Gasteiger partial charge in [0.1, 0.15) is 5.82 Å². The highest BCUT2D eigenvalue weighted by Crippen LogP contribution is 2.49. The van der Waals surface area contributed by atoms with E-state index in [1.165, 1.54) is 6.07 Å². The van der Waals surface area contributed by atoms with Crippen LogP contribution in [0, 0.1) is 5.82 Å². The third kappa shape index (κ3) is 1.78. The second-order valence-electron chi connectivity index (χ2n) is 6.80. The summed E-state index contributed by atoms with van der Waals surface area (Å²) in [6, 6.07) is 4.76. The van der Waals surface area contributed by atoms with Crippen LogP contribution in [0.3, 0.4) is 0 Å². The SMILES string of the molecule is CC(C)(C)N1C(=O)C2(CCNCC2)c2cc(F)ccc21. The number of rotatable bonds is 0. The highest BCUT2D eigenvalue weighted by atomic mass is 19.1. The van der Waals surface area contributed by atoms with E-state index in [-0.39, 0.29) is 17.3 Å². The first-order chi connectivity index (χ1) is 9.36. The van der Waals surface area contributed by atoms with Gasteiger partial charge in [-0.05, 0) is 70.5 Å². The standard InChI is InChI=1S/C16H21FN2O/c1-15(2,3)19-13-5-4-11(17)10-12(13)16(14(19)20)6-8-18-9-7-16/h4-5,10,18H,6-9H2,1-3H3. The Kier molecular flexibility index (Phi) is 2.91. The number of fused-ring (bicyclic) bond motifs is 2.